The number of carboxylic acid groups (broad SMARTS) is 1. The Morgan fingerprint density at radius 3 is 2.77 bits per heavy atom. The zero-order chi connectivity index (χ0) is 15.3. The molecule has 0 spiro atoms. The summed E-state index contributed by atoms with van der Waals surface area (Å²) in [6.07, 6.45) is 4.74. The van der Waals surface area contributed by atoms with Crippen molar-refractivity contribution in [1.82, 2.24) is 19.9 Å². The van der Waals surface area contributed by atoms with Gasteiger partial charge in [0.25, 0.3) is 0 Å². The molecule has 1 aliphatic heterocycles. The van der Waals surface area contributed by atoms with Gasteiger partial charge >= 0.3 is 6.09 Å². The lowest BCUT2D eigenvalue weighted by atomic mass is 10.0. The van der Waals surface area contributed by atoms with Gasteiger partial charge in [-0.1, -0.05) is 0 Å². The van der Waals surface area contributed by atoms with Crippen LogP contribution in [0.25, 0.3) is 11.0 Å². The van der Waals surface area contributed by atoms with Gasteiger partial charge in [0.1, 0.15) is 17.8 Å². The quantitative estimate of drug-likeness (QED) is 0.883. The Hall–Kier alpha value is -2.31. The fourth-order valence-corrected chi connectivity index (χ4v) is 4.05. The molecule has 0 aromatic carbocycles. The maximum Gasteiger partial charge on any atom is 0.407 e. The average Bonchev–Trinajstić information content (AvgIpc) is 3.18. The predicted octanol–water partition coefficient (Wildman–Crippen LogP) is 1.78. The molecule has 1 saturated heterocycles. The fourth-order valence-electron chi connectivity index (χ4n) is 4.05. The summed E-state index contributed by atoms with van der Waals surface area (Å²) in [4.78, 5) is 26.7. The monoisotopic (exact) mass is 301 g/mol. The third-order valence-corrected chi connectivity index (χ3v) is 5.21. The van der Waals surface area contributed by atoms with Crippen LogP contribution in [0.1, 0.15) is 12.8 Å². The number of rotatable bonds is 2. The smallest absolute Gasteiger partial charge is 0.407 e. The molecule has 4 rings (SSSR count). The minimum Gasteiger partial charge on any atom is -0.465 e. The zero-order valence-corrected chi connectivity index (χ0v) is 12.4. The second-order valence-electron chi connectivity index (χ2n) is 6.38. The molecule has 2 atom stereocenters. The van der Waals surface area contributed by atoms with Crippen molar-refractivity contribution in [3.63, 3.8) is 0 Å². The minimum atomic E-state index is -0.788. The molecule has 7 nitrogen and oxygen atoms in total. The van der Waals surface area contributed by atoms with Gasteiger partial charge in [0, 0.05) is 32.4 Å². The molecule has 0 radical (unpaired) electrons. The Labute approximate surface area is 128 Å². The number of hydrogen-bond acceptors (Lipinski definition) is 4. The highest BCUT2D eigenvalue weighted by Gasteiger charge is 2.43. The van der Waals surface area contributed by atoms with Crippen LogP contribution in [0.4, 0.5) is 10.6 Å². The van der Waals surface area contributed by atoms with Crippen molar-refractivity contribution >= 4 is 22.9 Å². The first-order chi connectivity index (χ1) is 10.6. The Bertz CT molecular complexity index is 701. The lowest BCUT2D eigenvalue weighted by molar-refractivity contribution is 0.152. The molecular weight excluding hydrogens is 282 g/mol. The first kappa shape index (κ1) is 13.4. The van der Waals surface area contributed by atoms with E-state index in [4.69, 9.17) is 5.11 Å². The van der Waals surface area contributed by atoms with Crippen LogP contribution < -0.4 is 4.90 Å². The van der Waals surface area contributed by atoms with Gasteiger partial charge in [-0.3, -0.25) is 0 Å². The van der Waals surface area contributed by atoms with Gasteiger partial charge in [0.05, 0.1) is 5.39 Å². The number of likely N-dealkylation sites (tertiary alicyclic amines) is 1. The lowest BCUT2D eigenvalue weighted by Crippen LogP contribution is -2.34. The second kappa shape index (κ2) is 4.86. The highest BCUT2D eigenvalue weighted by molar-refractivity contribution is 5.87. The molecule has 0 bridgehead atoms. The maximum atomic E-state index is 11.1. The van der Waals surface area contributed by atoms with E-state index in [1.807, 2.05) is 12.3 Å². The van der Waals surface area contributed by atoms with Gasteiger partial charge in [-0.25, -0.2) is 14.8 Å². The van der Waals surface area contributed by atoms with Crippen LogP contribution in [-0.4, -0.2) is 57.2 Å². The molecule has 2 aromatic heterocycles. The van der Waals surface area contributed by atoms with E-state index in [1.165, 1.54) is 0 Å². The van der Waals surface area contributed by atoms with Crippen molar-refractivity contribution in [2.75, 3.05) is 25.0 Å². The third kappa shape index (κ3) is 2.00. The van der Waals surface area contributed by atoms with E-state index in [1.54, 1.807) is 11.2 Å². The standard InChI is InChI=1S/C15H19N5O2/c1-19(14-12-2-3-16-13(12)17-8-18-14)11-4-9-6-20(15(21)22)7-10(9)5-11/h2-3,8-11H,4-7H2,1H3,(H,21,22)(H,16,17,18). The molecular formula is C15H19N5O2. The summed E-state index contributed by atoms with van der Waals surface area (Å²) in [7, 11) is 2.08. The maximum absolute atomic E-state index is 11.1. The Morgan fingerprint density at radius 2 is 2.09 bits per heavy atom. The molecule has 7 heteroatoms. The van der Waals surface area contributed by atoms with E-state index in [-0.39, 0.29) is 0 Å². The summed E-state index contributed by atoms with van der Waals surface area (Å²) >= 11 is 0. The van der Waals surface area contributed by atoms with E-state index in [2.05, 4.69) is 26.9 Å². The van der Waals surface area contributed by atoms with Crippen molar-refractivity contribution in [2.45, 2.75) is 18.9 Å². The number of hydrogen-bond donors (Lipinski definition) is 2. The Morgan fingerprint density at radius 1 is 1.36 bits per heavy atom. The molecule has 1 aliphatic carbocycles. The largest absolute Gasteiger partial charge is 0.465 e. The van der Waals surface area contributed by atoms with Gasteiger partial charge in [-0.05, 0) is 30.7 Å². The number of amides is 1. The van der Waals surface area contributed by atoms with E-state index in [0.29, 0.717) is 31.0 Å². The van der Waals surface area contributed by atoms with Crippen molar-refractivity contribution in [3.05, 3.63) is 18.6 Å². The van der Waals surface area contributed by atoms with Crippen molar-refractivity contribution in [1.29, 1.82) is 0 Å². The van der Waals surface area contributed by atoms with E-state index < -0.39 is 6.09 Å². The van der Waals surface area contributed by atoms with Crippen LogP contribution in [0.2, 0.25) is 0 Å². The number of anilines is 1. The number of carbonyl (C=O) groups is 1. The van der Waals surface area contributed by atoms with E-state index in [9.17, 15) is 4.79 Å². The first-order valence-electron chi connectivity index (χ1n) is 7.62. The van der Waals surface area contributed by atoms with E-state index >= 15 is 0 Å². The van der Waals surface area contributed by atoms with Crippen molar-refractivity contribution < 1.29 is 9.90 Å². The molecule has 2 aromatic rings. The highest BCUT2D eigenvalue weighted by Crippen LogP contribution is 2.41. The fraction of sp³-hybridized carbons (Fsp3) is 0.533. The number of nitrogens with zero attached hydrogens (tertiary/aromatic N) is 4. The SMILES string of the molecule is CN(c1ncnc2[nH]ccc12)C1CC2CN(C(=O)O)CC2C1. The van der Waals surface area contributed by atoms with Crippen LogP contribution in [0.15, 0.2) is 18.6 Å². The van der Waals surface area contributed by atoms with Crippen LogP contribution in [0, 0.1) is 11.8 Å². The number of aromatic nitrogens is 3. The van der Waals surface area contributed by atoms with Crippen LogP contribution in [0.3, 0.4) is 0 Å². The van der Waals surface area contributed by atoms with E-state index in [0.717, 1.165) is 29.7 Å². The Kier molecular flexibility index (Phi) is 2.95. The number of H-pyrrole nitrogens is 1. The summed E-state index contributed by atoms with van der Waals surface area (Å²) in [6, 6.07) is 2.42. The van der Waals surface area contributed by atoms with Crippen LogP contribution in [-0.2, 0) is 0 Å². The summed E-state index contributed by atoms with van der Waals surface area (Å²) in [5.74, 6) is 1.91. The average molecular weight is 301 g/mol. The molecule has 22 heavy (non-hydrogen) atoms. The predicted molar refractivity (Wildman–Crippen MR) is 81.9 cm³/mol. The molecule has 2 N–H and O–H groups in total. The van der Waals surface area contributed by atoms with Gasteiger partial charge in [0.15, 0.2) is 0 Å². The van der Waals surface area contributed by atoms with Crippen molar-refractivity contribution in [3.8, 4) is 0 Å². The topological polar surface area (TPSA) is 85.4 Å². The van der Waals surface area contributed by atoms with Crippen LogP contribution in [0.5, 0.6) is 0 Å². The van der Waals surface area contributed by atoms with Gasteiger partial charge < -0.3 is 19.9 Å². The molecule has 1 amide bonds. The minimum absolute atomic E-state index is 0.416. The Balaban J connectivity index is 1.53. The summed E-state index contributed by atoms with van der Waals surface area (Å²) in [5, 5.41) is 10.1. The van der Waals surface area contributed by atoms with Gasteiger partial charge in [0.2, 0.25) is 0 Å². The van der Waals surface area contributed by atoms with Crippen LogP contribution >= 0.6 is 0 Å². The molecule has 2 unspecified atom stereocenters. The number of nitrogens with one attached hydrogen (secondary N) is 1. The summed E-state index contributed by atoms with van der Waals surface area (Å²) in [5.41, 5.74) is 0.854. The first-order valence-corrected chi connectivity index (χ1v) is 7.62. The number of aromatic amines is 1. The third-order valence-electron chi connectivity index (χ3n) is 5.21. The molecule has 116 valence electrons. The zero-order valence-electron chi connectivity index (χ0n) is 12.4. The molecule has 2 fully saturated rings. The molecule has 2 aliphatic rings. The van der Waals surface area contributed by atoms with Gasteiger partial charge in [-0.2, -0.15) is 0 Å². The van der Waals surface area contributed by atoms with Crippen molar-refractivity contribution in [2.24, 2.45) is 11.8 Å². The van der Waals surface area contributed by atoms with Gasteiger partial charge in [-0.15, -0.1) is 0 Å². The normalized spacial score (nSPS) is 27.3. The number of fused-ring (bicyclic) bond motifs is 2. The second-order valence-corrected chi connectivity index (χ2v) is 6.38. The lowest BCUT2D eigenvalue weighted by Gasteiger charge is -2.27. The molecule has 3 heterocycles. The summed E-state index contributed by atoms with van der Waals surface area (Å²) < 4.78 is 0. The molecule has 1 saturated carbocycles. The highest BCUT2D eigenvalue weighted by atomic mass is 16.4. The summed E-state index contributed by atoms with van der Waals surface area (Å²) in [6.45, 7) is 1.35.